The molecule has 1 aliphatic carbocycles. The minimum absolute atomic E-state index is 0.139. The molecule has 1 heterocycles. The summed E-state index contributed by atoms with van der Waals surface area (Å²) >= 11 is 0. The lowest BCUT2D eigenvalue weighted by atomic mass is 9.82. The molecule has 13 rings (SSSR count). The van der Waals surface area contributed by atoms with Crippen molar-refractivity contribution in [2.24, 2.45) is 0 Å². The summed E-state index contributed by atoms with van der Waals surface area (Å²) in [7, 11) is 0. The predicted molar refractivity (Wildman–Crippen MR) is 332 cm³/mol. The van der Waals surface area contributed by atoms with Crippen LogP contribution < -0.4 is 4.90 Å². The molecular formula is C77H50N2. The van der Waals surface area contributed by atoms with Crippen molar-refractivity contribution < 1.29 is 0 Å². The van der Waals surface area contributed by atoms with Crippen LogP contribution in [0.4, 0.5) is 17.1 Å². The van der Waals surface area contributed by atoms with E-state index in [9.17, 15) is 0 Å². The monoisotopic (exact) mass is 1000 g/mol. The maximum absolute atomic E-state index is 6.24. The molecule has 0 N–H and O–H groups in total. The number of hydrogen-bond acceptors (Lipinski definition) is 1. The van der Waals surface area contributed by atoms with Gasteiger partial charge < -0.3 is 9.47 Å². The molecular weight excluding hydrogens is 953 g/mol. The zero-order valence-electron chi connectivity index (χ0n) is 43.8. The van der Waals surface area contributed by atoms with E-state index in [1.54, 1.807) is 0 Å². The quantitative estimate of drug-likeness (QED) is 0.131. The van der Waals surface area contributed by atoms with E-state index in [2.05, 4.69) is 247 Å². The first-order valence-corrected chi connectivity index (χ1v) is 26.5. The number of para-hydroxylation sites is 1. The summed E-state index contributed by atoms with van der Waals surface area (Å²) in [5.41, 5.74) is 24.4. The highest BCUT2D eigenvalue weighted by Crippen LogP contribution is 2.51. The highest BCUT2D eigenvalue weighted by atomic mass is 15.1. The topological polar surface area (TPSA) is 8.17 Å². The Labute approximate surface area is 462 Å². The first kappa shape index (κ1) is 47.9. The SMILES string of the molecule is C#Cc1cccc(-c2cccc(-c3cccc(C#C)c3C#C)c2-c2cccc(-n3c4ccccc4c4cc(-c5ccc(N(c6ccc(-c7ccccc7)cc6)c6ccc7c(c6)C(C)(C)c6ccccc6-7)cc5)ccc43)c2)c1C#C. The number of aromatic nitrogens is 1. The van der Waals surface area contributed by atoms with E-state index in [1.165, 1.54) is 33.4 Å². The Morgan fingerprint density at radius 2 is 0.835 bits per heavy atom. The van der Waals surface area contributed by atoms with Crippen LogP contribution in [0.1, 0.15) is 47.2 Å². The van der Waals surface area contributed by atoms with Crippen LogP contribution in [0, 0.1) is 49.4 Å². The van der Waals surface area contributed by atoms with Crippen molar-refractivity contribution >= 4 is 38.9 Å². The maximum atomic E-state index is 6.24. The van der Waals surface area contributed by atoms with Gasteiger partial charge in [-0.25, -0.2) is 0 Å². The molecule has 1 aromatic heterocycles. The molecule has 0 atom stereocenters. The third-order valence-electron chi connectivity index (χ3n) is 16.0. The van der Waals surface area contributed by atoms with Gasteiger partial charge in [0.1, 0.15) is 0 Å². The Kier molecular flexibility index (Phi) is 11.8. The largest absolute Gasteiger partial charge is 0.310 e. The first-order valence-electron chi connectivity index (χ1n) is 26.5. The zero-order valence-corrected chi connectivity index (χ0v) is 43.8. The third-order valence-corrected chi connectivity index (χ3v) is 16.0. The van der Waals surface area contributed by atoms with E-state index < -0.39 is 0 Å². The maximum Gasteiger partial charge on any atom is 0.0541 e. The van der Waals surface area contributed by atoms with Gasteiger partial charge in [0, 0.05) is 61.2 Å². The molecule has 1 aliphatic rings. The van der Waals surface area contributed by atoms with Gasteiger partial charge in [-0.15, -0.1) is 25.7 Å². The van der Waals surface area contributed by atoms with Gasteiger partial charge in [-0.2, -0.15) is 0 Å². The van der Waals surface area contributed by atoms with Crippen molar-refractivity contribution in [1.82, 2.24) is 4.57 Å². The van der Waals surface area contributed by atoms with Gasteiger partial charge in [0.25, 0.3) is 0 Å². The molecule has 0 spiro atoms. The molecule has 0 saturated carbocycles. The van der Waals surface area contributed by atoms with E-state index in [-0.39, 0.29) is 5.41 Å². The number of hydrogen-bond donors (Lipinski definition) is 0. The fourth-order valence-electron chi connectivity index (χ4n) is 12.2. The van der Waals surface area contributed by atoms with Gasteiger partial charge in [-0.3, -0.25) is 0 Å². The number of nitrogens with zero attached hydrogens (tertiary/aromatic N) is 2. The molecule has 0 amide bonds. The summed E-state index contributed by atoms with van der Waals surface area (Å²) in [6, 6.07) is 86.5. The summed E-state index contributed by atoms with van der Waals surface area (Å²) in [5, 5.41) is 2.31. The number of fused-ring (bicyclic) bond motifs is 6. The number of benzene rings is 11. The summed E-state index contributed by atoms with van der Waals surface area (Å²) in [4.78, 5) is 2.38. The Bertz CT molecular complexity index is 4500. The van der Waals surface area contributed by atoms with Gasteiger partial charge in [0.05, 0.1) is 11.0 Å². The molecule has 368 valence electrons. The molecule has 0 unspecified atom stereocenters. The smallest absolute Gasteiger partial charge is 0.0541 e. The minimum Gasteiger partial charge on any atom is -0.310 e. The van der Waals surface area contributed by atoms with Crippen LogP contribution in [0.15, 0.2) is 243 Å². The fourth-order valence-corrected chi connectivity index (χ4v) is 12.2. The van der Waals surface area contributed by atoms with E-state index in [0.29, 0.717) is 22.3 Å². The van der Waals surface area contributed by atoms with E-state index in [4.69, 9.17) is 25.7 Å². The Balaban J connectivity index is 0.915. The molecule has 0 saturated heterocycles. The molecule has 2 nitrogen and oxygen atoms in total. The van der Waals surface area contributed by atoms with E-state index in [1.807, 2.05) is 42.5 Å². The molecule has 0 radical (unpaired) electrons. The molecule has 0 bridgehead atoms. The minimum atomic E-state index is -0.139. The lowest BCUT2D eigenvalue weighted by molar-refractivity contribution is 0.660. The van der Waals surface area contributed by atoms with Gasteiger partial charge in [-0.1, -0.05) is 201 Å². The Morgan fingerprint density at radius 1 is 0.342 bits per heavy atom. The normalized spacial score (nSPS) is 12.0. The third kappa shape index (κ3) is 8.00. The van der Waals surface area contributed by atoms with E-state index >= 15 is 0 Å². The summed E-state index contributed by atoms with van der Waals surface area (Å²) in [5.74, 6) is 11.5. The van der Waals surface area contributed by atoms with Crippen molar-refractivity contribution in [2.75, 3.05) is 4.90 Å². The fraction of sp³-hybridized carbons (Fsp3) is 0.0390. The highest BCUT2D eigenvalue weighted by molar-refractivity contribution is 6.11. The van der Waals surface area contributed by atoms with Crippen LogP contribution in [0.5, 0.6) is 0 Å². The second-order valence-corrected chi connectivity index (χ2v) is 20.6. The van der Waals surface area contributed by atoms with Crippen molar-refractivity contribution in [3.05, 3.63) is 276 Å². The van der Waals surface area contributed by atoms with Crippen LogP contribution >= 0.6 is 0 Å². The zero-order chi connectivity index (χ0) is 53.8. The standard InChI is InChI=1S/C77H50N2/c1-7-51-24-19-30-64(62(51)9-3)69-32-21-33-70(65-31-20-25-52(8-2)63(65)10-4)76(69)57-26-18-27-60(48-57)79-74-35-17-15-29-68(74)71-49-56(40-47-75(71)79)55-38-43-59(44-39-55)78(58-41-36-54(37-42-58)53-22-12-11-13-23-53)61-45-46-67-66-28-14-16-34-72(66)77(5,6)73(67)50-61/h1-4,11-50H,5-6H3. The van der Waals surface area contributed by atoms with Gasteiger partial charge in [0.2, 0.25) is 0 Å². The van der Waals surface area contributed by atoms with Gasteiger partial charge in [-0.05, 0) is 157 Å². The van der Waals surface area contributed by atoms with Gasteiger partial charge >= 0.3 is 0 Å². The predicted octanol–water partition coefficient (Wildman–Crippen LogP) is 18.8. The van der Waals surface area contributed by atoms with E-state index in [0.717, 1.165) is 89.1 Å². The van der Waals surface area contributed by atoms with Crippen molar-refractivity contribution in [2.45, 2.75) is 19.3 Å². The lowest BCUT2D eigenvalue weighted by Gasteiger charge is -2.28. The van der Waals surface area contributed by atoms with Crippen LogP contribution in [-0.4, -0.2) is 4.57 Å². The summed E-state index contributed by atoms with van der Waals surface area (Å²) < 4.78 is 2.36. The summed E-state index contributed by atoms with van der Waals surface area (Å²) in [6.45, 7) is 4.68. The van der Waals surface area contributed by atoms with Crippen molar-refractivity contribution in [3.63, 3.8) is 0 Å². The Morgan fingerprint density at radius 3 is 1.49 bits per heavy atom. The molecule has 0 fully saturated rings. The summed E-state index contributed by atoms with van der Waals surface area (Å²) in [6.07, 6.45) is 24.6. The number of rotatable bonds is 9. The average molecular weight is 1000 g/mol. The molecule has 11 aromatic carbocycles. The van der Waals surface area contributed by atoms with Crippen LogP contribution in [0.3, 0.4) is 0 Å². The van der Waals surface area contributed by atoms with Crippen LogP contribution in [0.2, 0.25) is 0 Å². The van der Waals surface area contributed by atoms with Crippen LogP contribution in [0.25, 0.3) is 94.3 Å². The molecule has 12 aromatic rings. The number of terminal acetylenes is 4. The van der Waals surface area contributed by atoms with Crippen molar-refractivity contribution in [3.8, 4) is 122 Å². The average Bonchev–Trinajstić information content (AvgIpc) is 4.01. The number of anilines is 3. The lowest BCUT2D eigenvalue weighted by Crippen LogP contribution is -2.16. The second-order valence-electron chi connectivity index (χ2n) is 20.6. The molecule has 2 heteroatoms. The van der Waals surface area contributed by atoms with Gasteiger partial charge in [0.15, 0.2) is 0 Å². The first-order chi connectivity index (χ1) is 38.8. The second kappa shape index (κ2) is 19.4. The molecule has 0 aliphatic heterocycles. The van der Waals surface area contributed by atoms with Crippen LogP contribution in [-0.2, 0) is 5.41 Å². The Hall–Kier alpha value is -10.7. The molecule has 79 heavy (non-hydrogen) atoms. The van der Waals surface area contributed by atoms with Crippen molar-refractivity contribution in [1.29, 1.82) is 0 Å². The highest BCUT2D eigenvalue weighted by Gasteiger charge is 2.36.